The van der Waals surface area contributed by atoms with E-state index in [0.29, 0.717) is 0 Å². The molecule has 0 saturated carbocycles. The van der Waals surface area contributed by atoms with E-state index in [1.54, 1.807) is 0 Å². The van der Waals surface area contributed by atoms with Gasteiger partial charge in [-0.3, -0.25) is 9.78 Å². The number of benzene rings is 3. The quantitative estimate of drug-likeness (QED) is 0.0962. The Morgan fingerprint density at radius 3 is 2.19 bits per heavy atom. The second-order valence-corrected chi connectivity index (χ2v) is 15.4. The molecule has 0 aliphatic heterocycles. The molecule has 0 saturated heterocycles. The van der Waals surface area contributed by atoms with E-state index in [4.69, 9.17) is 4.98 Å². The smallest absolute Gasteiger partial charge is 0.164 e. The van der Waals surface area contributed by atoms with Gasteiger partial charge in [-0.25, -0.2) is 0 Å². The molecule has 0 unspecified atom stereocenters. The van der Waals surface area contributed by atoms with Gasteiger partial charge < -0.3 is 5.11 Å². The molecule has 6 rings (SSSR count). The molecule has 2 aromatic heterocycles. The predicted molar refractivity (Wildman–Crippen MR) is 202 cm³/mol. The third-order valence-electron chi connectivity index (χ3n) is 11.1. The number of aliphatic hydroxyl groups is 1. The molecule has 0 spiro atoms. The number of hydrogen-bond donors (Lipinski definition) is 1. The van der Waals surface area contributed by atoms with Gasteiger partial charge in [0.05, 0.1) is 5.52 Å². The number of fused-ring (bicyclic) bond motifs is 6. The van der Waals surface area contributed by atoms with E-state index in [9.17, 15) is 9.90 Å². The van der Waals surface area contributed by atoms with Crippen molar-refractivity contribution < 1.29 is 30.0 Å². The number of nitrogens with zero attached hydrogens (tertiary/aromatic N) is 1. The first-order valence-corrected chi connectivity index (χ1v) is 18.0. The number of carbonyl (C=O) groups is 1. The van der Waals surface area contributed by atoms with Crippen molar-refractivity contribution >= 4 is 38.1 Å². The molecule has 255 valence electrons. The molecule has 0 fully saturated rings. The zero-order chi connectivity index (χ0) is 34.3. The van der Waals surface area contributed by atoms with Crippen LogP contribution in [0.1, 0.15) is 103 Å². The summed E-state index contributed by atoms with van der Waals surface area (Å²) < 4.78 is 1.37. The second-order valence-electron chi connectivity index (χ2n) is 14.3. The number of ketones is 1. The summed E-state index contributed by atoms with van der Waals surface area (Å²) >= 11 is 1.91. The van der Waals surface area contributed by atoms with Gasteiger partial charge in [0.25, 0.3) is 0 Å². The summed E-state index contributed by atoms with van der Waals surface area (Å²) in [6.07, 6.45) is 4.75. The first kappa shape index (κ1) is 37.7. The second kappa shape index (κ2) is 14.4. The molecule has 1 aliphatic carbocycles. The molecular weight excluding hydrogens is 787 g/mol. The molecule has 5 aromatic rings. The van der Waals surface area contributed by atoms with Gasteiger partial charge in [-0.05, 0) is 84.8 Å². The van der Waals surface area contributed by atoms with Crippen LogP contribution in [0, 0.1) is 30.7 Å². The zero-order valence-electron chi connectivity index (χ0n) is 30.2. The van der Waals surface area contributed by atoms with Crippen molar-refractivity contribution in [2.45, 2.75) is 100 Å². The van der Waals surface area contributed by atoms with Gasteiger partial charge in [0.15, 0.2) is 5.78 Å². The summed E-state index contributed by atoms with van der Waals surface area (Å²) in [5, 5.41) is 12.7. The van der Waals surface area contributed by atoms with Gasteiger partial charge in [0.2, 0.25) is 0 Å². The molecule has 3 aromatic carbocycles. The molecule has 5 heteroatoms. The Bertz CT molecular complexity index is 1990. The van der Waals surface area contributed by atoms with Crippen molar-refractivity contribution in [1.82, 2.24) is 4.98 Å². The molecule has 1 radical (unpaired) electrons. The molecule has 0 atom stereocenters. The third kappa shape index (κ3) is 6.59. The van der Waals surface area contributed by atoms with Crippen LogP contribution in [0.25, 0.3) is 42.7 Å². The fourth-order valence-corrected chi connectivity index (χ4v) is 8.33. The van der Waals surface area contributed by atoms with Crippen LogP contribution in [0.5, 0.6) is 0 Å². The summed E-state index contributed by atoms with van der Waals surface area (Å²) in [5.74, 6) is 0.286. The Kier molecular flexibility index (Phi) is 11.3. The van der Waals surface area contributed by atoms with Crippen LogP contribution in [0.3, 0.4) is 0 Å². The van der Waals surface area contributed by atoms with E-state index in [0.717, 1.165) is 42.5 Å². The molecule has 48 heavy (non-hydrogen) atoms. The van der Waals surface area contributed by atoms with E-state index < -0.39 is 0 Å². The van der Waals surface area contributed by atoms with Crippen molar-refractivity contribution in [3.63, 3.8) is 0 Å². The third-order valence-corrected chi connectivity index (χ3v) is 12.3. The normalized spacial score (nSPS) is 13.8. The van der Waals surface area contributed by atoms with Crippen molar-refractivity contribution in [2.75, 3.05) is 0 Å². The van der Waals surface area contributed by atoms with Gasteiger partial charge in [-0.15, -0.1) is 40.7 Å². The average molecular weight is 837 g/mol. The summed E-state index contributed by atoms with van der Waals surface area (Å²) in [6.45, 7) is 21.1. The number of pyridine rings is 1. The minimum Gasteiger partial charge on any atom is -0.512 e. The monoisotopic (exact) mass is 837 g/mol. The largest absolute Gasteiger partial charge is 0.512 e. The van der Waals surface area contributed by atoms with E-state index in [1.807, 2.05) is 52.9 Å². The van der Waals surface area contributed by atoms with Gasteiger partial charge >= 0.3 is 0 Å². The van der Waals surface area contributed by atoms with Gasteiger partial charge in [0.1, 0.15) is 5.76 Å². The molecule has 3 nitrogen and oxygen atoms in total. The maximum Gasteiger partial charge on any atom is 0.164 e. The van der Waals surface area contributed by atoms with Crippen LogP contribution in [0.2, 0.25) is 0 Å². The van der Waals surface area contributed by atoms with Crippen molar-refractivity contribution in [2.24, 2.45) is 10.8 Å². The zero-order valence-corrected chi connectivity index (χ0v) is 33.4. The van der Waals surface area contributed by atoms with Gasteiger partial charge in [-0.2, -0.15) is 0 Å². The number of allylic oxidation sites excluding steroid dienone is 2. The van der Waals surface area contributed by atoms with Crippen LogP contribution in [-0.4, -0.2) is 15.9 Å². The minimum absolute atomic E-state index is 0. The fraction of sp³-hybridized carbons (Fsp3) is 0.395. The molecule has 0 amide bonds. The number of aryl methyl sites for hydroxylation is 2. The Hall–Kier alpha value is -3.11. The number of aliphatic hydroxyl groups excluding tert-OH is 1. The number of aromatic nitrogens is 1. The Morgan fingerprint density at radius 2 is 1.54 bits per heavy atom. The fourth-order valence-electron chi connectivity index (χ4n) is 6.94. The van der Waals surface area contributed by atoms with Crippen LogP contribution in [-0.2, 0) is 30.3 Å². The van der Waals surface area contributed by atoms with Crippen LogP contribution in [0.15, 0.2) is 72.5 Å². The number of hydrogen-bond acceptors (Lipinski definition) is 4. The summed E-state index contributed by atoms with van der Waals surface area (Å²) in [6, 6.07) is 25.4. The molecule has 0 bridgehead atoms. The Morgan fingerprint density at radius 1 is 0.896 bits per heavy atom. The Labute approximate surface area is 305 Å². The standard InChI is InChI=1S/C28H22NS.C15H28O2.Ir/c1-16-14-17(2)18-12-13-22(29-23(18)15-16)19-9-7-10-21-25(19)28(3,4)26-20-8-5-6-11-24(20)30-27(21)26;1-7-14(5,8-2)12(16)11-13(17)15(6,9-3)10-4;/h5-8,10-15H,1-4H3;11,16H,7-10H2,1-6H3;/q-1;;/b;12-11-;. The number of carbonyl (C=O) groups excluding carboxylic acids is 1. The Balaban J connectivity index is 0.000000251. The maximum atomic E-state index is 12.2. The van der Waals surface area contributed by atoms with Crippen molar-refractivity contribution in [3.8, 4) is 21.7 Å². The summed E-state index contributed by atoms with van der Waals surface area (Å²) in [7, 11) is 0. The van der Waals surface area contributed by atoms with Crippen molar-refractivity contribution in [3.05, 3.63) is 101 Å². The van der Waals surface area contributed by atoms with E-state index >= 15 is 0 Å². The SMILES string of the molecule is CCC(C)(CC)C(=O)/C=C(\O)C(C)(CC)CC.Cc1cc(C)c2ccc(-c3[c-]ccc4c3C(C)(C)c3c-4sc4ccccc34)nc2c1.[Ir]. The predicted octanol–water partition coefficient (Wildman–Crippen LogP) is 12.5. The first-order chi connectivity index (χ1) is 22.2. The van der Waals surface area contributed by atoms with Gasteiger partial charge in [0, 0.05) is 52.0 Å². The number of thiophene rings is 1. The molecular formula is C43H50IrNO2S-. The van der Waals surface area contributed by atoms with E-state index in [1.165, 1.54) is 54.2 Å². The summed E-state index contributed by atoms with van der Waals surface area (Å²) in [4.78, 5) is 18.7. The van der Waals surface area contributed by atoms with Crippen LogP contribution in [0.4, 0.5) is 0 Å². The van der Waals surface area contributed by atoms with Gasteiger partial charge in [-0.1, -0.05) is 97.4 Å². The van der Waals surface area contributed by atoms with Crippen molar-refractivity contribution in [1.29, 1.82) is 0 Å². The minimum atomic E-state index is -0.337. The molecule has 2 heterocycles. The van der Waals surface area contributed by atoms with E-state index in [-0.39, 0.29) is 47.9 Å². The molecule has 1 aliphatic rings. The average Bonchev–Trinajstić information content (AvgIpc) is 3.57. The number of rotatable bonds is 8. The first-order valence-electron chi connectivity index (χ1n) is 17.2. The maximum absolute atomic E-state index is 12.2. The van der Waals surface area contributed by atoms with E-state index in [2.05, 4.69) is 94.4 Å². The van der Waals surface area contributed by atoms with Crippen LogP contribution < -0.4 is 0 Å². The topological polar surface area (TPSA) is 50.2 Å². The summed E-state index contributed by atoms with van der Waals surface area (Å²) in [5.41, 5.74) is 9.19. The molecule has 1 N–H and O–H groups in total. The van der Waals surface area contributed by atoms with Crippen LogP contribution >= 0.6 is 11.3 Å².